The van der Waals surface area contributed by atoms with Gasteiger partial charge in [-0.1, -0.05) is 76.7 Å². The second-order valence-corrected chi connectivity index (χ2v) is 11.3. The van der Waals surface area contributed by atoms with Crippen LogP contribution in [0.2, 0.25) is 0 Å². The van der Waals surface area contributed by atoms with E-state index in [1.165, 1.54) is 49.7 Å². The largest absolute Gasteiger partial charge is 0.390 e. The smallest absolute Gasteiger partial charge is 0.0752 e. The van der Waals surface area contributed by atoms with E-state index in [1.807, 2.05) is 6.92 Å². The molecule has 1 rings (SSSR count). The van der Waals surface area contributed by atoms with Crippen molar-refractivity contribution in [2.45, 2.75) is 130 Å². The Morgan fingerprint density at radius 2 is 1.87 bits per heavy atom. The van der Waals surface area contributed by atoms with Crippen LogP contribution in [0.1, 0.15) is 112 Å². The van der Waals surface area contributed by atoms with E-state index in [-0.39, 0.29) is 6.10 Å². The van der Waals surface area contributed by atoms with Crippen molar-refractivity contribution >= 4 is 9.24 Å². The molecule has 0 heterocycles. The standard InChI is InChI=1S/C27H51O2P/c1-7-8-9-17-27(6,29)18-11-14-20(2)12-10-13-21(3)15-16-24-19-25(28)22(4)23(5)26(24)30/h14,19,21-23,25-26,28-29H,7-13,15-18,30H2,1-6H3/b20-14+. The summed E-state index contributed by atoms with van der Waals surface area (Å²) >= 11 is 0. The van der Waals surface area contributed by atoms with E-state index in [4.69, 9.17) is 0 Å². The third-order valence-corrected chi connectivity index (χ3v) is 8.47. The Morgan fingerprint density at radius 3 is 2.53 bits per heavy atom. The molecular weight excluding hydrogens is 387 g/mol. The number of allylic oxidation sites excluding steroid dienone is 3. The van der Waals surface area contributed by atoms with Gasteiger partial charge in [-0.15, -0.1) is 9.24 Å². The molecule has 0 amide bonds. The van der Waals surface area contributed by atoms with Crippen molar-refractivity contribution in [1.29, 1.82) is 0 Å². The molecule has 0 saturated carbocycles. The Morgan fingerprint density at radius 1 is 1.17 bits per heavy atom. The molecule has 0 bridgehead atoms. The molecule has 1 aliphatic rings. The topological polar surface area (TPSA) is 40.5 Å². The van der Waals surface area contributed by atoms with Gasteiger partial charge in [0.05, 0.1) is 11.7 Å². The highest BCUT2D eigenvalue weighted by atomic mass is 31.0. The van der Waals surface area contributed by atoms with Gasteiger partial charge in [0.25, 0.3) is 0 Å². The zero-order chi connectivity index (χ0) is 22.7. The van der Waals surface area contributed by atoms with Gasteiger partial charge in [-0.2, -0.15) is 0 Å². The van der Waals surface area contributed by atoms with Crippen LogP contribution in [0.4, 0.5) is 0 Å². The molecule has 0 aromatic rings. The molecule has 0 aliphatic heterocycles. The lowest BCUT2D eigenvalue weighted by Crippen LogP contribution is -2.34. The fraction of sp³-hybridized carbons (Fsp3) is 0.852. The zero-order valence-electron chi connectivity index (χ0n) is 20.8. The summed E-state index contributed by atoms with van der Waals surface area (Å²) in [5.41, 5.74) is 2.91. The van der Waals surface area contributed by atoms with Crippen molar-refractivity contribution in [1.82, 2.24) is 0 Å². The number of aliphatic hydroxyl groups is 2. The molecule has 1 aliphatic carbocycles. The van der Waals surface area contributed by atoms with Gasteiger partial charge in [-0.25, -0.2) is 0 Å². The fourth-order valence-corrected chi connectivity index (χ4v) is 5.24. The predicted molar refractivity (Wildman–Crippen MR) is 136 cm³/mol. The van der Waals surface area contributed by atoms with E-state index < -0.39 is 5.60 Å². The molecule has 7 unspecified atom stereocenters. The van der Waals surface area contributed by atoms with Crippen LogP contribution < -0.4 is 0 Å². The maximum absolute atomic E-state index is 10.5. The van der Waals surface area contributed by atoms with E-state index in [2.05, 4.69) is 56.0 Å². The number of hydrogen-bond acceptors (Lipinski definition) is 2. The zero-order valence-corrected chi connectivity index (χ0v) is 21.9. The van der Waals surface area contributed by atoms with Crippen molar-refractivity contribution in [2.75, 3.05) is 0 Å². The normalized spacial score (nSPS) is 28.2. The molecule has 0 aromatic heterocycles. The first-order chi connectivity index (χ1) is 14.1. The van der Waals surface area contributed by atoms with Crippen LogP contribution in [0.3, 0.4) is 0 Å². The van der Waals surface area contributed by atoms with Crippen LogP contribution in [0.5, 0.6) is 0 Å². The summed E-state index contributed by atoms with van der Waals surface area (Å²) in [7, 11) is 3.01. The summed E-state index contributed by atoms with van der Waals surface area (Å²) in [5.74, 6) is 1.60. The van der Waals surface area contributed by atoms with Gasteiger partial charge in [0.2, 0.25) is 0 Å². The lowest BCUT2D eigenvalue weighted by Gasteiger charge is -2.36. The minimum atomic E-state index is -0.507. The predicted octanol–water partition coefficient (Wildman–Crippen LogP) is 7.45. The summed E-state index contributed by atoms with van der Waals surface area (Å²) in [6, 6.07) is 0. The average molecular weight is 439 g/mol. The minimum Gasteiger partial charge on any atom is -0.390 e. The van der Waals surface area contributed by atoms with E-state index >= 15 is 0 Å². The second-order valence-electron chi connectivity index (χ2n) is 10.6. The molecule has 0 radical (unpaired) electrons. The summed E-state index contributed by atoms with van der Waals surface area (Å²) in [5, 5.41) is 20.8. The number of rotatable bonds is 14. The first kappa shape index (κ1) is 27.9. The monoisotopic (exact) mass is 438 g/mol. The number of aliphatic hydroxyl groups excluding tert-OH is 1. The highest BCUT2D eigenvalue weighted by Crippen LogP contribution is 2.37. The Kier molecular flexibility index (Phi) is 13.1. The number of hydrogen-bond donors (Lipinski definition) is 2. The van der Waals surface area contributed by atoms with Gasteiger partial charge < -0.3 is 10.2 Å². The minimum absolute atomic E-state index is 0.276. The Bertz CT molecular complexity index is 537. The van der Waals surface area contributed by atoms with Crippen molar-refractivity contribution in [3.63, 3.8) is 0 Å². The van der Waals surface area contributed by atoms with Gasteiger partial charge in [0, 0.05) is 0 Å². The molecule has 0 fully saturated rings. The Balaban J connectivity index is 2.26. The Labute approximate surface area is 190 Å². The molecule has 3 heteroatoms. The lowest BCUT2D eigenvalue weighted by molar-refractivity contribution is 0.0403. The summed E-state index contributed by atoms with van der Waals surface area (Å²) in [6.45, 7) is 13.2. The Hall–Kier alpha value is -0.170. The molecular formula is C27H51O2P. The second kappa shape index (κ2) is 14.1. The molecule has 0 saturated heterocycles. The summed E-state index contributed by atoms with van der Waals surface area (Å²) in [4.78, 5) is 0. The van der Waals surface area contributed by atoms with Gasteiger partial charge in [0.15, 0.2) is 0 Å². The molecule has 0 spiro atoms. The quantitative estimate of drug-likeness (QED) is 0.168. The van der Waals surface area contributed by atoms with Crippen molar-refractivity contribution in [3.05, 3.63) is 23.3 Å². The van der Waals surface area contributed by atoms with E-state index in [1.54, 1.807) is 0 Å². The van der Waals surface area contributed by atoms with Gasteiger partial charge in [0.1, 0.15) is 0 Å². The van der Waals surface area contributed by atoms with Crippen LogP contribution >= 0.6 is 9.24 Å². The first-order valence-electron chi connectivity index (χ1n) is 12.6. The highest BCUT2D eigenvalue weighted by Gasteiger charge is 2.31. The number of unbranched alkanes of at least 4 members (excludes halogenated alkanes) is 2. The highest BCUT2D eigenvalue weighted by molar-refractivity contribution is 7.18. The third kappa shape index (κ3) is 10.4. The van der Waals surface area contributed by atoms with Crippen LogP contribution in [0.15, 0.2) is 23.3 Å². The van der Waals surface area contributed by atoms with Gasteiger partial charge >= 0.3 is 0 Å². The van der Waals surface area contributed by atoms with Crippen LogP contribution in [-0.4, -0.2) is 27.6 Å². The van der Waals surface area contributed by atoms with Gasteiger partial charge in [-0.05, 0) is 82.2 Å². The first-order valence-corrected chi connectivity index (χ1v) is 13.3. The van der Waals surface area contributed by atoms with Crippen molar-refractivity contribution < 1.29 is 10.2 Å². The molecule has 2 N–H and O–H groups in total. The van der Waals surface area contributed by atoms with Crippen molar-refractivity contribution in [3.8, 4) is 0 Å². The van der Waals surface area contributed by atoms with E-state index in [9.17, 15) is 10.2 Å². The summed E-state index contributed by atoms with van der Waals surface area (Å²) < 4.78 is 0. The lowest BCUT2D eigenvalue weighted by atomic mass is 9.78. The van der Waals surface area contributed by atoms with Gasteiger partial charge in [-0.3, -0.25) is 0 Å². The van der Waals surface area contributed by atoms with Crippen LogP contribution in [0.25, 0.3) is 0 Å². The molecule has 7 atom stereocenters. The molecule has 30 heavy (non-hydrogen) atoms. The molecule has 2 nitrogen and oxygen atoms in total. The fourth-order valence-electron chi connectivity index (χ4n) is 4.61. The van der Waals surface area contributed by atoms with Crippen LogP contribution in [0, 0.1) is 17.8 Å². The van der Waals surface area contributed by atoms with Crippen LogP contribution in [-0.2, 0) is 0 Å². The third-order valence-electron chi connectivity index (χ3n) is 7.44. The summed E-state index contributed by atoms with van der Waals surface area (Å²) in [6.07, 6.45) is 16.6. The molecule has 176 valence electrons. The molecule has 0 aromatic carbocycles. The SMILES string of the molecule is CCCCCC(C)(O)CC/C=C(\C)CCCC(C)CCC1=CC(O)C(C)C(C)C1P. The van der Waals surface area contributed by atoms with E-state index in [0.29, 0.717) is 17.5 Å². The van der Waals surface area contributed by atoms with Crippen molar-refractivity contribution in [2.24, 2.45) is 17.8 Å². The average Bonchev–Trinajstić information content (AvgIpc) is 2.68. The maximum atomic E-state index is 10.5. The maximum Gasteiger partial charge on any atom is 0.0752 e. The van der Waals surface area contributed by atoms with E-state index in [0.717, 1.165) is 38.0 Å².